The zero-order valence-electron chi connectivity index (χ0n) is 15.4. The quantitative estimate of drug-likeness (QED) is 0.774. The van der Waals surface area contributed by atoms with Gasteiger partial charge in [0.2, 0.25) is 5.91 Å². The predicted molar refractivity (Wildman–Crippen MR) is 103 cm³/mol. The number of likely N-dealkylation sites (tertiary alicyclic amines) is 2. The first kappa shape index (κ1) is 19.2. The van der Waals surface area contributed by atoms with Crippen LogP contribution in [0.1, 0.15) is 32.6 Å². The minimum atomic E-state index is -0.911. The van der Waals surface area contributed by atoms with Crippen LogP contribution in [0.5, 0.6) is 0 Å². The number of hydrogen-bond acceptors (Lipinski definition) is 4. The summed E-state index contributed by atoms with van der Waals surface area (Å²) in [6.07, 6.45) is 3.50. The standard InChI is InChI=1S/C20H28N2O3S/c1-16(19(24)25)22-15-20(8-7-18(22)23)9-11-21(12-10-20)13-14-26-17-5-3-2-4-6-17/h2-6,16H,7-15H2,1H3,(H,24,25)/t16-/m0/s1. The molecule has 0 radical (unpaired) electrons. The lowest BCUT2D eigenvalue weighted by atomic mass is 9.72. The Balaban J connectivity index is 1.48. The molecule has 0 aromatic heterocycles. The first-order valence-electron chi connectivity index (χ1n) is 9.42. The molecule has 1 atom stereocenters. The van der Waals surface area contributed by atoms with E-state index in [-0.39, 0.29) is 11.3 Å². The second-order valence-electron chi connectivity index (χ2n) is 7.54. The number of benzene rings is 1. The van der Waals surface area contributed by atoms with Crippen molar-refractivity contribution in [3.05, 3.63) is 30.3 Å². The van der Waals surface area contributed by atoms with E-state index in [9.17, 15) is 14.7 Å². The maximum atomic E-state index is 12.2. The summed E-state index contributed by atoms with van der Waals surface area (Å²) >= 11 is 1.89. The number of carboxylic acids is 1. The van der Waals surface area contributed by atoms with Crippen LogP contribution in [0.25, 0.3) is 0 Å². The van der Waals surface area contributed by atoms with E-state index in [1.54, 1.807) is 11.8 Å². The number of thioether (sulfide) groups is 1. The summed E-state index contributed by atoms with van der Waals surface area (Å²) in [5.41, 5.74) is 0.112. The molecule has 1 spiro atoms. The number of hydrogen-bond donors (Lipinski definition) is 1. The third-order valence-electron chi connectivity index (χ3n) is 5.86. The Morgan fingerprint density at radius 2 is 1.92 bits per heavy atom. The van der Waals surface area contributed by atoms with E-state index in [1.807, 2.05) is 17.8 Å². The SMILES string of the molecule is C[C@@H](C(=O)O)N1CC2(CCC1=O)CCN(CCSc1ccccc1)CC2. The normalized spacial score (nSPS) is 21.7. The van der Waals surface area contributed by atoms with Gasteiger partial charge in [-0.05, 0) is 56.8 Å². The molecule has 6 heteroatoms. The Morgan fingerprint density at radius 3 is 2.58 bits per heavy atom. The van der Waals surface area contributed by atoms with Gasteiger partial charge >= 0.3 is 5.97 Å². The van der Waals surface area contributed by atoms with Gasteiger partial charge in [-0.2, -0.15) is 0 Å². The largest absolute Gasteiger partial charge is 0.480 e. The van der Waals surface area contributed by atoms with E-state index in [2.05, 4.69) is 29.2 Å². The zero-order valence-corrected chi connectivity index (χ0v) is 16.2. The molecule has 2 aliphatic rings. The van der Waals surface area contributed by atoms with Gasteiger partial charge in [-0.1, -0.05) is 18.2 Å². The van der Waals surface area contributed by atoms with Gasteiger partial charge in [-0.15, -0.1) is 11.8 Å². The minimum absolute atomic E-state index is 0.00721. The maximum Gasteiger partial charge on any atom is 0.326 e. The van der Waals surface area contributed by atoms with Crippen molar-refractivity contribution < 1.29 is 14.7 Å². The molecule has 26 heavy (non-hydrogen) atoms. The fraction of sp³-hybridized carbons (Fsp3) is 0.600. The number of aliphatic carboxylic acids is 1. The molecule has 1 amide bonds. The van der Waals surface area contributed by atoms with Crippen molar-refractivity contribution in [2.45, 2.75) is 43.5 Å². The average molecular weight is 377 g/mol. The second kappa shape index (κ2) is 8.44. The lowest BCUT2D eigenvalue weighted by molar-refractivity contribution is -0.154. The van der Waals surface area contributed by atoms with Crippen molar-refractivity contribution in [3.8, 4) is 0 Å². The predicted octanol–water partition coefficient (Wildman–Crippen LogP) is 2.96. The third-order valence-corrected chi connectivity index (χ3v) is 6.85. The highest BCUT2D eigenvalue weighted by atomic mass is 32.2. The molecule has 142 valence electrons. The highest BCUT2D eigenvalue weighted by molar-refractivity contribution is 7.99. The maximum absolute atomic E-state index is 12.2. The molecular weight excluding hydrogens is 348 g/mol. The number of carboxylic acid groups (broad SMARTS) is 1. The lowest BCUT2D eigenvalue weighted by Crippen LogP contribution is -2.55. The van der Waals surface area contributed by atoms with Crippen molar-refractivity contribution in [1.82, 2.24) is 9.80 Å². The summed E-state index contributed by atoms with van der Waals surface area (Å²) in [5.74, 6) is 0.162. The molecule has 1 aromatic carbocycles. The summed E-state index contributed by atoms with van der Waals surface area (Å²) in [4.78, 5) is 28.9. The smallest absolute Gasteiger partial charge is 0.326 e. The van der Waals surface area contributed by atoms with Crippen LogP contribution < -0.4 is 0 Å². The van der Waals surface area contributed by atoms with Gasteiger partial charge < -0.3 is 14.9 Å². The van der Waals surface area contributed by atoms with E-state index in [4.69, 9.17) is 0 Å². The van der Waals surface area contributed by atoms with Crippen LogP contribution in [0.3, 0.4) is 0 Å². The number of carbonyl (C=O) groups is 2. The molecule has 2 saturated heterocycles. The number of nitrogens with zero attached hydrogens (tertiary/aromatic N) is 2. The molecule has 1 N–H and O–H groups in total. The third kappa shape index (κ3) is 4.60. The summed E-state index contributed by atoms with van der Waals surface area (Å²) < 4.78 is 0. The van der Waals surface area contributed by atoms with Crippen LogP contribution in [0.2, 0.25) is 0 Å². The Hall–Kier alpha value is -1.53. The highest BCUT2D eigenvalue weighted by Gasteiger charge is 2.43. The number of carbonyl (C=O) groups excluding carboxylic acids is 1. The number of piperidine rings is 2. The Bertz CT molecular complexity index is 629. The molecule has 2 heterocycles. The van der Waals surface area contributed by atoms with Crippen LogP contribution in [0, 0.1) is 5.41 Å². The van der Waals surface area contributed by atoms with E-state index in [1.165, 1.54) is 4.90 Å². The van der Waals surface area contributed by atoms with Crippen molar-refractivity contribution >= 4 is 23.6 Å². The molecule has 0 bridgehead atoms. The molecule has 2 fully saturated rings. The molecule has 1 aromatic rings. The van der Waals surface area contributed by atoms with Crippen LogP contribution in [-0.4, -0.2) is 64.8 Å². The minimum Gasteiger partial charge on any atom is -0.480 e. The zero-order chi connectivity index (χ0) is 18.6. The molecule has 2 aliphatic heterocycles. The van der Waals surface area contributed by atoms with E-state index in [0.717, 1.165) is 44.6 Å². The molecule has 0 saturated carbocycles. The number of rotatable bonds is 6. The van der Waals surface area contributed by atoms with Gasteiger partial charge in [0.25, 0.3) is 0 Å². The van der Waals surface area contributed by atoms with Crippen LogP contribution >= 0.6 is 11.8 Å². The second-order valence-corrected chi connectivity index (χ2v) is 8.71. The number of amides is 1. The molecule has 0 aliphatic carbocycles. The summed E-state index contributed by atoms with van der Waals surface area (Å²) in [5, 5.41) is 9.27. The van der Waals surface area contributed by atoms with Crippen molar-refractivity contribution in [3.63, 3.8) is 0 Å². The molecular formula is C20H28N2O3S. The molecule has 3 rings (SSSR count). The van der Waals surface area contributed by atoms with Crippen molar-refractivity contribution in [1.29, 1.82) is 0 Å². The van der Waals surface area contributed by atoms with Crippen LogP contribution in [-0.2, 0) is 9.59 Å². The van der Waals surface area contributed by atoms with E-state index in [0.29, 0.717) is 13.0 Å². The first-order valence-corrected chi connectivity index (χ1v) is 10.4. The summed E-state index contributed by atoms with van der Waals surface area (Å²) in [6.45, 7) is 5.38. The van der Waals surface area contributed by atoms with Gasteiger partial charge in [0.1, 0.15) is 6.04 Å². The average Bonchev–Trinajstić information content (AvgIpc) is 2.66. The van der Waals surface area contributed by atoms with E-state index >= 15 is 0 Å². The Kier molecular flexibility index (Phi) is 6.24. The van der Waals surface area contributed by atoms with Crippen molar-refractivity contribution in [2.24, 2.45) is 5.41 Å². The van der Waals surface area contributed by atoms with E-state index < -0.39 is 12.0 Å². The Labute approximate surface area is 159 Å². The summed E-state index contributed by atoms with van der Waals surface area (Å²) in [7, 11) is 0. The fourth-order valence-electron chi connectivity index (χ4n) is 4.00. The molecule has 0 unspecified atom stereocenters. The van der Waals surface area contributed by atoms with Gasteiger partial charge in [-0.3, -0.25) is 4.79 Å². The fourth-order valence-corrected chi connectivity index (χ4v) is 4.93. The van der Waals surface area contributed by atoms with Gasteiger partial charge in [0.05, 0.1) is 0 Å². The first-order chi connectivity index (χ1) is 12.5. The van der Waals surface area contributed by atoms with Crippen molar-refractivity contribution in [2.75, 3.05) is 31.9 Å². The topological polar surface area (TPSA) is 60.9 Å². The Morgan fingerprint density at radius 1 is 1.23 bits per heavy atom. The van der Waals surface area contributed by atoms with Gasteiger partial charge in [-0.25, -0.2) is 4.79 Å². The van der Waals surface area contributed by atoms with Crippen LogP contribution in [0.15, 0.2) is 35.2 Å². The van der Waals surface area contributed by atoms with Crippen LogP contribution in [0.4, 0.5) is 0 Å². The monoisotopic (exact) mass is 376 g/mol. The van der Waals surface area contributed by atoms with Gasteiger partial charge in [0, 0.05) is 30.2 Å². The van der Waals surface area contributed by atoms with Gasteiger partial charge in [0.15, 0.2) is 0 Å². The lowest BCUT2D eigenvalue weighted by Gasteiger charge is -2.48. The summed E-state index contributed by atoms with van der Waals surface area (Å²) in [6, 6.07) is 9.75. The highest BCUT2D eigenvalue weighted by Crippen LogP contribution is 2.40. The molecule has 5 nitrogen and oxygen atoms in total.